The minimum Gasteiger partial charge on any atom is -0.306 e. The Balaban J connectivity index is 1.39. The van der Waals surface area contributed by atoms with Crippen LogP contribution in [0, 0.1) is 0 Å². The van der Waals surface area contributed by atoms with E-state index in [9.17, 15) is 18.0 Å². The van der Waals surface area contributed by atoms with Gasteiger partial charge in [-0.1, -0.05) is 18.2 Å². The number of Topliss-reactive ketones (excluding diaryl/α,β-unsaturated/α-hetero) is 1. The molecule has 3 aromatic rings. The van der Waals surface area contributed by atoms with Crippen LogP contribution < -0.4 is 5.32 Å². The highest BCUT2D eigenvalue weighted by Crippen LogP contribution is 2.36. The molecule has 11 heteroatoms. The van der Waals surface area contributed by atoms with Crippen molar-refractivity contribution < 1.29 is 18.0 Å². The van der Waals surface area contributed by atoms with Gasteiger partial charge in [0.05, 0.1) is 6.54 Å². The fourth-order valence-corrected chi connectivity index (χ4v) is 3.94. The number of rotatable bonds is 3. The zero-order valence-corrected chi connectivity index (χ0v) is 17.2. The van der Waals surface area contributed by atoms with Gasteiger partial charge in [-0.15, -0.1) is 0 Å². The van der Waals surface area contributed by atoms with Crippen molar-refractivity contribution in [3.05, 3.63) is 53.1 Å². The van der Waals surface area contributed by atoms with E-state index < -0.39 is 23.8 Å². The van der Waals surface area contributed by atoms with Gasteiger partial charge in [0.1, 0.15) is 11.5 Å². The van der Waals surface area contributed by atoms with E-state index in [1.807, 2.05) is 32.0 Å². The number of carbonyl (C=O) groups excluding carboxylic acids is 1. The maximum atomic E-state index is 12.8. The van der Waals surface area contributed by atoms with Crippen LogP contribution in [0.5, 0.6) is 0 Å². The van der Waals surface area contributed by atoms with Crippen molar-refractivity contribution in [2.45, 2.75) is 38.3 Å². The molecule has 0 atom stereocenters. The number of hydrogen-bond acceptors (Lipinski definition) is 7. The lowest BCUT2D eigenvalue weighted by Gasteiger charge is -2.17. The molecular weight excluding hydrogens is 423 g/mol. The summed E-state index contributed by atoms with van der Waals surface area (Å²) in [5.41, 5.74) is 1.93. The normalized spacial score (nSPS) is 17.5. The van der Waals surface area contributed by atoms with Crippen molar-refractivity contribution in [2.75, 3.05) is 11.9 Å². The van der Waals surface area contributed by atoms with Gasteiger partial charge < -0.3 is 5.32 Å². The van der Waals surface area contributed by atoms with Crippen LogP contribution in [0.1, 0.15) is 36.4 Å². The van der Waals surface area contributed by atoms with E-state index in [1.165, 1.54) is 10.7 Å². The molecule has 164 valence electrons. The van der Waals surface area contributed by atoms with Crippen molar-refractivity contribution in [3.8, 4) is 0 Å². The molecule has 0 bridgehead atoms. The Hall–Kier alpha value is -3.63. The van der Waals surface area contributed by atoms with Crippen molar-refractivity contribution in [1.82, 2.24) is 19.6 Å². The highest BCUT2D eigenvalue weighted by Gasteiger charge is 2.38. The molecule has 0 radical (unpaired) electrons. The van der Waals surface area contributed by atoms with Crippen LogP contribution in [0.2, 0.25) is 0 Å². The molecule has 0 amide bonds. The van der Waals surface area contributed by atoms with Crippen molar-refractivity contribution >= 4 is 28.9 Å². The summed E-state index contributed by atoms with van der Waals surface area (Å²) >= 11 is 0. The van der Waals surface area contributed by atoms with Gasteiger partial charge in [0, 0.05) is 30.7 Å². The topological polar surface area (TPSA) is 96.9 Å². The van der Waals surface area contributed by atoms with Crippen molar-refractivity contribution in [2.24, 2.45) is 9.98 Å². The lowest BCUT2D eigenvalue weighted by molar-refractivity contribution is -0.121. The molecule has 2 aliphatic rings. The Morgan fingerprint density at radius 2 is 2.06 bits per heavy atom. The van der Waals surface area contributed by atoms with E-state index in [0.29, 0.717) is 24.3 Å². The molecule has 8 nitrogen and oxygen atoms in total. The molecule has 1 N–H and O–H groups in total. The zero-order valence-electron chi connectivity index (χ0n) is 17.2. The van der Waals surface area contributed by atoms with Gasteiger partial charge >= 0.3 is 6.18 Å². The number of alkyl halides is 3. The third-order valence-electron chi connectivity index (χ3n) is 5.73. The maximum absolute atomic E-state index is 12.8. The fourth-order valence-electron chi connectivity index (χ4n) is 3.94. The minimum atomic E-state index is -4.52. The van der Waals surface area contributed by atoms with Crippen LogP contribution in [0.25, 0.3) is 5.65 Å². The van der Waals surface area contributed by atoms with Crippen molar-refractivity contribution in [1.29, 1.82) is 0 Å². The number of anilines is 1. The van der Waals surface area contributed by atoms with Gasteiger partial charge in [0.15, 0.2) is 17.3 Å². The molecule has 5 rings (SSSR count). The second kappa shape index (κ2) is 6.94. The summed E-state index contributed by atoms with van der Waals surface area (Å²) in [5, 5.41) is 7.14. The summed E-state index contributed by atoms with van der Waals surface area (Å²) < 4.78 is 39.9. The number of aliphatic imine (C=N–C) groups is 2. The van der Waals surface area contributed by atoms with Crippen LogP contribution in [0.3, 0.4) is 0 Å². The average Bonchev–Trinajstić information content (AvgIpc) is 3.39. The SMILES string of the molecule is CC1(C)C(=O)Cc2cc(Cc3nc4c(NC5=NCC(C(F)(F)F)=N5)nccn4n3)ccc21. The summed E-state index contributed by atoms with van der Waals surface area (Å²) in [6.07, 6.45) is -0.623. The van der Waals surface area contributed by atoms with Crippen LogP contribution in [-0.2, 0) is 23.1 Å². The summed E-state index contributed by atoms with van der Waals surface area (Å²) in [7, 11) is 0. The number of ketones is 1. The van der Waals surface area contributed by atoms with Gasteiger partial charge in [0.2, 0.25) is 5.96 Å². The molecule has 0 saturated heterocycles. The van der Waals surface area contributed by atoms with E-state index in [2.05, 4.69) is 30.4 Å². The molecule has 0 unspecified atom stereocenters. The van der Waals surface area contributed by atoms with Gasteiger partial charge in [-0.2, -0.15) is 18.3 Å². The van der Waals surface area contributed by atoms with Crippen LogP contribution in [-0.4, -0.2) is 49.8 Å². The molecule has 1 aromatic carbocycles. The molecule has 0 fully saturated rings. The minimum absolute atomic E-state index is 0.173. The predicted octanol–water partition coefficient (Wildman–Crippen LogP) is 2.90. The summed E-state index contributed by atoms with van der Waals surface area (Å²) in [4.78, 5) is 28.2. The Morgan fingerprint density at radius 1 is 1.25 bits per heavy atom. The summed E-state index contributed by atoms with van der Waals surface area (Å²) in [6.45, 7) is 3.33. The van der Waals surface area contributed by atoms with Crippen LogP contribution in [0.15, 0.2) is 40.6 Å². The number of carbonyl (C=O) groups is 1. The Morgan fingerprint density at radius 3 is 2.81 bits per heavy atom. The average molecular weight is 441 g/mol. The van der Waals surface area contributed by atoms with Crippen LogP contribution >= 0.6 is 0 Å². The molecule has 1 aliphatic carbocycles. The maximum Gasteiger partial charge on any atom is 0.431 e. The Labute approximate surface area is 180 Å². The Bertz CT molecular complexity index is 1320. The molecule has 1 aliphatic heterocycles. The van der Waals surface area contributed by atoms with Gasteiger partial charge in [-0.25, -0.2) is 24.5 Å². The smallest absolute Gasteiger partial charge is 0.306 e. The lowest BCUT2D eigenvalue weighted by Crippen LogP contribution is -2.24. The number of hydrogen-bond donors (Lipinski definition) is 1. The molecule has 3 heterocycles. The van der Waals surface area contributed by atoms with Gasteiger partial charge in [-0.3, -0.25) is 4.79 Å². The third kappa shape index (κ3) is 3.43. The quantitative estimate of drug-likeness (QED) is 0.674. The highest BCUT2D eigenvalue weighted by molar-refractivity contribution is 6.10. The first-order valence-corrected chi connectivity index (χ1v) is 9.93. The largest absolute Gasteiger partial charge is 0.431 e. The lowest BCUT2D eigenvalue weighted by atomic mass is 9.85. The fraction of sp³-hybridized carbons (Fsp3) is 0.333. The molecule has 0 saturated carbocycles. The summed E-state index contributed by atoms with van der Waals surface area (Å²) in [5.74, 6) is 0.743. The monoisotopic (exact) mass is 441 g/mol. The van der Waals surface area contributed by atoms with E-state index in [4.69, 9.17) is 0 Å². The first-order chi connectivity index (χ1) is 15.1. The molecule has 2 aromatic heterocycles. The van der Waals surface area contributed by atoms with Gasteiger partial charge in [0.25, 0.3) is 0 Å². The molecule has 0 spiro atoms. The number of benzene rings is 1. The van der Waals surface area contributed by atoms with E-state index >= 15 is 0 Å². The second-order valence-electron chi connectivity index (χ2n) is 8.29. The number of halogens is 3. The number of guanidine groups is 1. The van der Waals surface area contributed by atoms with E-state index in [-0.39, 0.29) is 17.6 Å². The predicted molar refractivity (Wildman–Crippen MR) is 111 cm³/mol. The number of aromatic nitrogens is 4. The molecular formula is C21H18F3N7O. The zero-order chi connectivity index (χ0) is 22.7. The standard InChI is InChI=1S/C21H18F3N7O/c1-20(2)13-4-3-11(7-12(13)9-15(20)32)8-16-28-18-17(25-5-6-31(18)30-16)29-19-26-10-14(27-19)21(22,23)24/h3-7H,8-10H2,1-2H3,(H,25,26,29). The van der Waals surface area contributed by atoms with E-state index in [1.54, 1.807) is 6.20 Å². The Kier molecular flexibility index (Phi) is 4.40. The van der Waals surface area contributed by atoms with Crippen molar-refractivity contribution in [3.63, 3.8) is 0 Å². The number of nitrogens with one attached hydrogen (secondary N) is 1. The molecule has 32 heavy (non-hydrogen) atoms. The van der Waals surface area contributed by atoms with Gasteiger partial charge in [-0.05, 0) is 30.5 Å². The number of nitrogens with zero attached hydrogens (tertiary/aromatic N) is 6. The first kappa shape index (κ1) is 20.3. The van der Waals surface area contributed by atoms with E-state index in [0.717, 1.165) is 16.7 Å². The second-order valence-corrected chi connectivity index (χ2v) is 8.29. The number of fused-ring (bicyclic) bond motifs is 2. The first-order valence-electron chi connectivity index (χ1n) is 9.93. The highest BCUT2D eigenvalue weighted by atomic mass is 19.4. The third-order valence-corrected chi connectivity index (χ3v) is 5.73. The van der Waals surface area contributed by atoms with Crippen LogP contribution in [0.4, 0.5) is 19.0 Å². The summed E-state index contributed by atoms with van der Waals surface area (Å²) in [6, 6.07) is 5.95.